The Labute approximate surface area is 175 Å². The smallest absolute Gasteiger partial charge is 0.255 e. The Balaban J connectivity index is 1.88. The van der Waals surface area contributed by atoms with Gasteiger partial charge in [0, 0.05) is 23.5 Å². The van der Waals surface area contributed by atoms with Crippen LogP contribution in [-0.4, -0.2) is 37.5 Å². The average Bonchev–Trinajstić information content (AvgIpc) is 2.70. The van der Waals surface area contributed by atoms with Crippen molar-refractivity contribution in [2.75, 3.05) is 24.2 Å². The van der Waals surface area contributed by atoms with E-state index in [-0.39, 0.29) is 21.4 Å². The Hall–Kier alpha value is -1.54. The van der Waals surface area contributed by atoms with Gasteiger partial charge in [0.2, 0.25) is 10.0 Å². The molecular formula is C20H23ClN2O3S2. The molecular weight excluding hydrogens is 416 g/mol. The van der Waals surface area contributed by atoms with E-state index in [4.69, 9.17) is 11.6 Å². The van der Waals surface area contributed by atoms with Gasteiger partial charge in [-0.1, -0.05) is 37.1 Å². The van der Waals surface area contributed by atoms with E-state index in [1.54, 1.807) is 17.8 Å². The molecule has 0 spiro atoms. The van der Waals surface area contributed by atoms with Crippen LogP contribution in [-0.2, 0) is 10.0 Å². The number of rotatable bonds is 6. The first-order chi connectivity index (χ1) is 13.4. The van der Waals surface area contributed by atoms with Crippen LogP contribution in [0.5, 0.6) is 0 Å². The number of anilines is 1. The van der Waals surface area contributed by atoms with Crippen LogP contribution in [0.1, 0.15) is 36.5 Å². The number of carbonyl (C=O) groups excluding carboxylic acids is 1. The molecule has 1 heterocycles. The second-order valence-electron chi connectivity index (χ2n) is 6.49. The lowest BCUT2D eigenvalue weighted by molar-refractivity contribution is 0.102. The average molecular weight is 439 g/mol. The van der Waals surface area contributed by atoms with Crippen molar-refractivity contribution < 1.29 is 13.2 Å². The topological polar surface area (TPSA) is 66.5 Å². The molecule has 0 unspecified atom stereocenters. The molecule has 1 amide bonds. The Morgan fingerprint density at radius 1 is 1.14 bits per heavy atom. The maximum absolute atomic E-state index is 13.0. The molecule has 1 aliphatic rings. The van der Waals surface area contributed by atoms with Crippen molar-refractivity contribution >= 4 is 45.0 Å². The SMILES string of the molecule is CCSc1ccccc1NC(=O)c1ccc(Cl)c(S(=O)(=O)N2CCCCC2)c1. The molecule has 1 N–H and O–H groups in total. The van der Waals surface area contributed by atoms with Gasteiger partial charge >= 0.3 is 0 Å². The number of thioether (sulfide) groups is 1. The molecule has 0 aromatic heterocycles. The highest BCUT2D eigenvalue weighted by Crippen LogP contribution is 2.30. The number of piperidine rings is 1. The van der Waals surface area contributed by atoms with Crippen LogP contribution in [0.15, 0.2) is 52.3 Å². The molecule has 28 heavy (non-hydrogen) atoms. The van der Waals surface area contributed by atoms with E-state index >= 15 is 0 Å². The zero-order valence-electron chi connectivity index (χ0n) is 15.7. The quantitative estimate of drug-likeness (QED) is 0.653. The number of nitrogens with one attached hydrogen (secondary N) is 1. The minimum absolute atomic E-state index is 0.0139. The summed E-state index contributed by atoms with van der Waals surface area (Å²) in [6.45, 7) is 3.01. The fourth-order valence-electron chi connectivity index (χ4n) is 3.13. The summed E-state index contributed by atoms with van der Waals surface area (Å²) in [5.74, 6) is 0.516. The van der Waals surface area contributed by atoms with Crippen LogP contribution in [0, 0.1) is 0 Å². The second kappa shape index (κ2) is 9.31. The number of carbonyl (C=O) groups is 1. The van der Waals surface area contributed by atoms with Gasteiger partial charge in [-0.3, -0.25) is 4.79 Å². The predicted octanol–water partition coefficient (Wildman–Crippen LogP) is 4.88. The summed E-state index contributed by atoms with van der Waals surface area (Å²) in [6, 6.07) is 11.9. The monoisotopic (exact) mass is 438 g/mol. The van der Waals surface area contributed by atoms with Gasteiger partial charge in [-0.15, -0.1) is 11.8 Å². The van der Waals surface area contributed by atoms with Gasteiger partial charge in [-0.25, -0.2) is 8.42 Å². The Kier molecular flexibility index (Phi) is 7.04. The molecule has 0 aliphatic carbocycles. The molecule has 1 fully saturated rings. The molecule has 0 radical (unpaired) electrons. The van der Waals surface area contributed by atoms with Crippen LogP contribution in [0.25, 0.3) is 0 Å². The van der Waals surface area contributed by atoms with Gasteiger partial charge in [0.25, 0.3) is 5.91 Å². The van der Waals surface area contributed by atoms with Gasteiger partial charge < -0.3 is 5.32 Å². The van der Waals surface area contributed by atoms with Crippen molar-refractivity contribution in [3.63, 3.8) is 0 Å². The first kappa shape index (κ1) is 21.2. The van der Waals surface area contributed by atoms with E-state index in [9.17, 15) is 13.2 Å². The third kappa shape index (κ3) is 4.71. The third-order valence-corrected chi connectivity index (χ3v) is 7.90. The minimum atomic E-state index is -3.72. The van der Waals surface area contributed by atoms with Crippen molar-refractivity contribution in [3.05, 3.63) is 53.1 Å². The van der Waals surface area contributed by atoms with E-state index < -0.39 is 10.0 Å². The van der Waals surface area contributed by atoms with Gasteiger partial charge in [0.15, 0.2) is 0 Å². The summed E-state index contributed by atoms with van der Waals surface area (Å²) < 4.78 is 27.4. The number of hydrogen-bond acceptors (Lipinski definition) is 4. The van der Waals surface area contributed by atoms with Gasteiger partial charge in [-0.05, 0) is 48.9 Å². The molecule has 8 heteroatoms. The van der Waals surface area contributed by atoms with E-state index in [1.165, 1.54) is 16.4 Å². The van der Waals surface area contributed by atoms with Gasteiger partial charge in [0.1, 0.15) is 4.90 Å². The summed E-state index contributed by atoms with van der Waals surface area (Å²) in [4.78, 5) is 13.7. The fraction of sp³-hybridized carbons (Fsp3) is 0.350. The van der Waals surface area contributed by atoms with Crippen LogP contribution in [0.4, 0.5) is 5.69 Å². The maximum atomic E-state index is 13.0. The molecule has 3 rings (SSSR count). The predicted molar refractivity (Wildman–Crippen MR) is 115 cm³/mol. The molecule has 150 valence electrons. The molecule has 2 aromatic rings. The Morgan fingerprint density at radius 2 is 1.86 bits per heavy atom. The Bertz CT molecular complexity index is 958. The lowest BCUT2D eigenvalue weighted by atomic mass is 10.2. The molecule has 5 nitrogen and oxygen atoms in total. The zero-order chi connectivity index (χ0) is 20.1. The van der Waals surface area contributed by atoms with Crippen molar-refractivity contribution in [3.8, 4) is 0 Å². The highest BCUT2D eigenvalue weighted by atomic mass is 35.5. The lowest BCUT2D eigenvalue weighted by Gasteiger charge is -2.26. The number of sulfonamides is 1. The molecule has 1 aliphatic heterocycles. The van der Waals surface area contributed by atoms with E-state index in [0.717, 1.165) is 29.9 Å². The highest BCUT2D eigenvalue weighted by Gasteiger charge is 2.28. The van der Waals surface area contributed by atoms with E-state index in [2.05, 4.69) is 5.32 Å². The normalized spacial score (nSPS) is 15.4. The number of benzene rings is 2. The minimum Gasteiger partial charge on any atom is -0.321 e. The van der Waals surface area contributed by atoms with Gasteiger partial charge in [0.05, 0.1) is 10.7 Å². The number of hydrogen-bond donors (Lipinski definition) is 1. The summed E-state index contributed by atoms with van der Waals surface area (Å²) in [5.41, 5.74) is 0.964. The first-order valence-corrected chi connectivity index (χ1v) is 12.1. The number of nitrogens with zero attached hydrogens (tertiary/aromatic N) is 1. The number of para-hydroxylation sites is 1. The molecule has 2 aromatic carbocycles. The fourth-order valence-corrected chi connectivity index (χ4v) is 5.91. The molecule has 0 atom stereocenters. The van der Waals surface area contributed by atoms with Crippen LogP contribution < -0.4 is 5.32 Å². The summed E-state index contributed by atoms with van der Waals surface area (Å²) in [5, 5.41) is 3.01. The first-order valence-electron chi connectivity index (χ1n) is 9.26. The maximum Gasteiger partial charge on any atom is 0.255 e. The summed E-state index contributed by atoms with van der Waals surface area (Å²) >= 11 is 7.82. The van der Waals surface area contributed by atoms with Gasteiger partial charge in [-0.2, -0.15) is 4.31 Å². The highest BCUT2D eigenvalue weighted by molar-refractivity contribution is 7.99. The second-order valence-corrected chi connectivity index (χ2v) is 10.1. The van der Waals surface area contributed by atoms with Crippen LogP contribution in [0.2, 0.25) is 5.02 Å². The molecule has 1 saturated heterocycles. The van der Waals surface area contributed by atoms with E-state index in [1.807, 2.05) is 31.2 Å². The zero-order valence-corrected chi connectivity index (χ0v) is 18.0. The number of halogens is 1. The molecule has 0 saturated carbocycles. The summed E-state index contributed by atoms with van der Waals surface area (Å²) in [7, 11) is -3.72. The largest absolute Gasteiger partial charge is 0.321 e. The van der Waals surface area contributed by atoms with Crippen molar-refractivity contribution in [1.82, 2.24) is 4.31 Å². The molecule has 0 bridgehead atoms. The van der Waals surface area contributed by atoms with Crippen LogP contribution in [0.3, 0.4) is 0 Å². The number of amides is 1. The van der Waals surface area contributed by atoms with Crippen molar-refractivity contribution in [1.29, 1.82) is 0 Å². The third-order valence-electron chi connectivity index (χ3n) is 4.56. The standard InChI is InChI=1S/C20H23ClN2O3S2/c1-2-27-18-9-5-4-8-17(18)22-20(24)15-10-11-16(21)19(14-15)28(25,26)23-12-6-3-7-13-23/h4-5,8-11,14H,2-3,6-7,12-13H2,1H3,(H,22,24). The Morgan fingerprint density at radius 3 is 2.57 bits per heavy atom. The van der Waals surface area contributed by atoms with Crippen molar-refractivity contribution in [2.45, 2.75) is 36.0 Å². The van der Waals surface area contributed by atoms with Crippen LogP contribution >= 0.6 is 23.4 Å². The summed E-state index contributed by atoms with van der Waals surface area (Å²) in [6.07, 6.45) is 2.70. The van der Waals surface area contributed by atoms with E-state index in [0.29, 0.717) is 18.8 Å². The van der Waals surface area contributed by atoms with Crippen molar-refractivity contribution in [2.24, 2.45) is 0 Å². The lowest BCUT2D eigenvalue weighted by Crippen LogP contribution is -2.35.